The van der Waals surface area contributed by atoms with Gasteiger partial charge in [-0.2, -0.15) is 0 Å². The molecule has 198 valence electrons. The van der Waals surface area contributed by atoms with E-state index in [0.717, 1.165) is 12.8 Å². The van der Waals surface area contributed by atoms with Crippen molar-refractivity contribution in [3.8, 4) is 44.5 Å². The minimum atomic E-state index is 1.13. The maximum atomic E-state index is 2.37. The van der Waals surface area contributed by atoms with Crippen LogP contribution < -0.4 is 0 Å². The molecule has 0 radical (unpaired) electrons. The van der Waals surface area contributed by atoms with E-state index in [-0.39, 0.29) is 0 Å². The molecule has 0 saturated heterocycles. The van der Waals surface area contributed by atoms with Gasteiger partial charge >= 0.3 is 0 Å². The molecule has 42 heavy (non-hydrogen) atoms. The van der Waals surface area contributed by atoms with E-state index in [2.05, 4.69) is 158 Å². The number of rotatable bonds is 4. The van der Waals surface area contributed by atoms with Crippen LogP contribution in [0.2, 0.25) is 0 Å². The Hall–Kier alpha value is -5.20. The van der Waals surface area contributed by atoms with Crippen LogP contribution in [-0.4, -0.2) is 0 Å². The topological polar surface area (TPSA) is 0 Å². The van der Waals surface area contributed by atoms with Crippen molar-refractivity contribution in [3.05, 3.63) is 163 Å². The van der Waals surface area contributed by atoms with E-state index in [1.165, 1.54) is 77.2 Å². The summed E-state index contributed by atoms with van der Waals surface area (Å²) in [7, 11) is 0. The molecule has 1 aliphatic rings. The summed E-state index contributed by atoms with van der Waals surface area (Å²) in [6, 6.07) is 53.5. The van der Waals surface area contributed by atoms with Gasteiger partial charge in [0.1, 0.15) is 0 Å². The Labute approximate surface area is 247 Å². The summed E-state index contributed by atoms with van der Waals surface area (Å²) in [5.74, 6) is 0. The first kappa shape index (κ1) is 24.6. The highest BCUT2D eigenvalue weighted by Gasteiger charge is 2.17. The molecule has 0 atom stereocenters. The van der Waals surface area contributed by atoms with Gasteiger partial charge in [0.05, 0.1) is 0 Å². The van der Waals surface area contributed by atoms with Gasteiger partial charge in [0, 0.05) is 0 Å². The van der Waals surface area contributed by atoms with Crippen molar-refractivity contribution < 1.29 is 0 Å². The highest BCUT2D eigenvalue weighted by atomic mass is 14.2. The molecule has 0 fully saturated rings. The number of hydrogen-bond donors (Lipinski definition) is 0. The Morgan fingerprint density at radius 3 is 1.43 bits per heavy atom. The molecular weight excluding hydrogens is 504 g/mol. The average molecular weight is 535 g/mol. The Balaban J connectivity index is 1.35. The first-order valence-corrected chi connectivity index (χ1v) is 14.8. The SMILES string of the molecule is C1=Cc2cc(-c3cccc(-c4c5ccccc5c(-c5cccc(-c6ccccc6)c5)c5ccccc45)c3)ccc2CC1. The summed E-state index contributed by atoms with van der Waals surface area (Å²) < 4.78 is 0. The van der Waals surface area contributed by atoms with Gasteiger partial charge in [-0.3, -0.25) is 0 Å². The molecule has 0 saturated carbocycles. The minimum Gasteiger partial charge on any atom is -0.0836 e. The van der Waals surface area contributed by atoms with E-state index in [1.807, 2.05) is 0 Å². The van der Waals surface area contributed by atoms with Crippen LogP contribution >= 0.6 is 0 Å². The molecule has 0 unspecified atom stereocenters. The van der Waals surface area contributed by atoms with E-state index < -0.39 is 0 Å². The summed E-state index contributed by atoms with van der Waals surface area (Å²) >= 11 is 0. The molecule has 0 heteroatoms. The summed E-state index contributed by atoms with van der Waals surface area (Å²) in [6.45, 7) is 0. The number of fused-ring (bicyclic) bond motifs is 3. The standard InChI is InChI=1S/C42H30/c1-2-12-29(13-3-1)32-16-10-18-35(27-32)41-37-20-6-8-22-39(37)42(40-23-9-7-21-38(40)41)36-19-11-17-33(28-36)34-25-24-30-14-4-5-15-31(30)26-34/h1-3,5-13,15-28H,4,14H2. The molecule has 0 spiro atoms. The third-order valence-electron chi connectivity index (χ3n) is 8.70. The zero-order valence-corrected chi connectivity index (χ0v) is 23.4. The normalized spacial score (nSPS) is 12.5. The van der Waals surface area contributed by atoms with E-state index >= 15 is 0 Å². The lowest BCUT2D eigenvalue weighted by atomic mass is 9.85. The van der Waals surface area contributed by atoms with Crippen LogP contribution in [0.1, 0.15) is 17.5 Å². The van der Waals surface area contributed by atoms with Gasteiger partial charge in [0.15, 0.2) is 0 Å². The maximum absolute atomic E-state index is 2.37. The number of benzene rings is 7. The van der Waals surface area contributed by atoms with Crippen molar-refractivity contribution in [3.63, 3.8) is 0 Å². The summed E-state index contributed by atoms with van der Waals surface area (Å²) in [4.78, 5) is 0. The third-order valence-corrected chi connectivity index (χ3v) is 8.70. The van der Waals surface area contributed by atoms with E-state index in [0.29, 0.717) is 0 Å². The third kappa shape index (κ3) is 4.24. The lowest BCUT2D eigenvalue weighted by Crippen LogP contribution is -1.94. The lowest BCUT2D eigenvalue weighted by molar-refractivity contribution is 0.986. The van der Waals surface area contributed by atoms with Crippen LogP contribution in [0.4, 0.5) is 0 Å². The van der Waals surface area contributed by atoms with Gasteiger partial charge in [0.25, 0.3) is 0 Å². The Kier molecular flexibility index (Phi) is 6.04. The first-order chi connectivity index (χ1) is 20.8. The number of hydrogen-bond acceptors (Lipinski definition) is 0. The molecule has 0 N–H and O–H groups in total. The second-order valence-corrected chi connectivity index (χ2v) is 11.2. The molecular formula is C42H30. The monoisotopic (exact) mass is 534 g/mol. The second-order valence-electron chi connectivity index (χ2n) is 11.2. The fraction of sp³-hybridized carbons (Fsp3) is 0.0476. The smallest absolute Gasteiger partial charge is 0.00262 e. The van der Waals surface area contributed by atoms with Crippen LogP contribution in [0.25, 0.3) is 72.1 Å². The second kappa shape index (κ2) is 10.3. The molecule has 0 nitrogen and oxygen atoms in total. The van der Waals surface area contributed by atoms with Crippen molar-refractivity contribution in [1.82, 2.24) is 0 Å². The molecule has 0 aliphatic heterocycles. The van der Waals surface area contributed by atoms with Crippen molar-refractivity contribution in [2.45, 2.75) is 12.8 Å². The molecule has 0 amide bonds. The summed E-state index contributed by atoms with van der Waals surface area (Å²) in [5.41, 5.74) is 12.9. The van der Waals surface area contributed by atoms with Gasteiger partial charge in [-0.05, 0) is 108 Å². The van der Waals surface area contributed by atoms with Gasteiger partial charge in [0.2, 0.25) is 0 Å². The van der Waals surface area contributed by atoms with Crippen molar-refractivity contribution in [2.75, 3.05) is 0 Å². The van der Waals surface area contributed by atoms with Crippen LogP contribution in [0.3, 0.4) is 0 Å². The van der Waals surface area contributed by atoms with Crippen molar-refractivity contribution in [2.24, 2.45) is 0 Å². The Morgan fingerprint density at radius 2 is 0.833 bits per heavy atom. The zero-order chi connectivity index (χ0) is 27.9. The molecule has 0 bridgehead atoms. The summed E-state index contributed by atoms with van der Waals surface area (Å²) in [5, 5.41) is 5.12. The van der Waals surface area contributed by atoms with E-state index in [1.54, 1.807) is 0 Å². The van der Waals surface area contributed by atoms with Crippen LogP contribution in [0.5, 0.6) is 0 Å². The Bertz CT molecular complexity index is 2070. The number of aryl methyl sites for hydroxylation is 1. The van der Waals surface area contributed by atoms with Crippen molar-refractivity contribution >= 4 is 27.6 Å². The fourth-order valence-corrected chi connectivity index (χ4v) is 6.70. The van der Waals surface area contributed by atoms with Gasteiger partial charge < -0.3 is 0 Å². The quantitative estimate of drug-likeness (QED) is 0.197. The molecule has 7 aromatic carbocycles. The van der Waals surface area contributed by atoms with Gasteiger partial charge in [-0.1, -0.05) is 140 Å². The highest BCUT2D eigenvalue weighted by molar-refractivity contribution is 6.21. The van der Waals surface area contributed by atoms with Crippen LogP contribution in [0.15, 0.2) is 152 Å². The highest BCUT2D eigenvalue weighted by Crippen LogP contribution is 2.44. The van der Waals surface area contributed by atoms with Crippen LogP contribution in [-0.2, 0) is 6.42 Å². The van der Waals surface area contributed by atoms with Crippen molar-refractivity contribution in [1.29, 1.82) is 0 Å². The zero-order valence-electron chi connectivity index (χ0n) is 23.4. The molecule has 7 aromatic rings. The van der Waals surface area contributed by atoms with Gasteiger partial charge in [-0.15, -0.1) is 0 Å². The average Bonchev–Trinajstić information content (AvgIpc) is 3.07. The number of allylic oxidation sites excluding steroid dienone is 1. The van der Waals surface area contributed by atoms with Crippen LogP contribution in [0, 0.1) is 0 Å². The Morgan fingerprint density at radius 1 is 0.357 bits per heavy atom. The fourth-order valence-electron chi connectivity index (χ4n) is 6.70. The predicted molar refractivity (Wildman–Crippen MR) is 181 cm³/mol. The molecule has 1 aliphatic carbocycles. The molecule has 0 heterocycles. The van der Waals surface area contributed by atoms with E-state index in [4.69, 9.17) is 0 Å². The minimum absolute atomic E-state index is 1.13. The largest absolute Gasteiger partial charge is 0.0836 e. The molecule has 0 aromatic heterocycles. The predicted octanol–water partition coefficient (Wildman–Crippen LogP) is 11.6. The van der Waals surface area contributed by atoms with E-state index in [9.17, 15) is 0 Å². The molecule has 8 rings (SSSR count). The lowest BCUT2D eigenvalue weighted by Gasteiger charge is -2.19. The summed E-state index contributed by atoms with van der Waals surface area (Å²) in [6.07, 6.45) is 6.83. The van der Waals surface area contributed by atoms with Gasteiger partial charge in [-0.25, -0.2) is 0 Å². The first-order valence-electron chi connectivity index (χ1n) is 14.8. The maximum Gasteiger partial charge on any atom is -0.00262 e.